The van der Waals surface area contributed by atoms with E-state index >= 15 is 0 Å². The molecule has 6 rings (SSSR count). The fraction of sp³-hybridized carbons (Fsp3) is 0.0357. The van der Waals surface area contributed by atoms with Crippen molar-refractivity contribution in [1.82, 2.24) is 0 Å². The summed E-state index contributed by atoms with van der Waals surface area (Å²) >= 11 is 0. The van der Waals surface area contributed by atoms with Crippen molar-refractivity contribution in [2.75, 3.05) is 0 Å². The monoisotopic (exact) mass is 353 g/mol. The molecule has 0 N–H and O–H groups in total. The molecule has 0 saturated heterocycles. The molecule has 0 atom stereocenters. The second-order valence-corrected chi connectivity index (χ2v) is 7.47. The van der Waals surface area contributed by atoms with Crippen LogP contribution in [-0.4, -0.2) is 0 Å². The van der Waals surface area contributed by atoms with Gasteiger partial charge in [-0.15, -0.1) is 0 Å². The van der Waals surface area contributed by atoms with E-state index in [0.29, 0.717) is 0 Å². The molecule has 2 aliphatic carbocycles. The Kier molecular flexibility index (Phi) is 3.25. The van der Waals surface area contributed by atoms with Crippen LogP contribution in [0, 0.1) is 18.3 Å². The summed E-state index contributed by atoms with van der Waals surface area (Å²) in [6, 6.07) is 21.8. The van der Waals surface area contributed by atoms with Crippen LogP contribution in [0.15, 0.2) is 72.8 Å². The number of allylic oxidation sites excluding steroid dienone is 2. The molecular weight excluding hydrogens is 336 g/mol. The quantitative estimate of drug-likeness (QED) is 0.249. The van der Waals surface area contributed by atoms with Crippen LogP contribution >= 0.6 is 0 Å². The first-order valence-electron chi connectivity index (χ1n) is 9.68. The molecule has 0 unspecified atom stereocenters. The van der Waals surface area contributed by atoms with Crippen molar-refractivity contribution in [2.45, 2.75) is 6.42 Å². The number of hydrogen-bond acceptors (Lipinski definition) is 0. The van der Waals surface area contributed by atoms with Crippen LogP contribution in [0.2, 0.25) is 0 Å². The Morgan fingerprint density at radius 3 is 2.25 bits per heavy atom. The topological polar surface area (TPSA) is 0 Å². The average Bonchev–Trinajstić information content (AvgIpc) is 2.73. The van der Waals surface area contributed by atoms with E-state index in [4.69, 9.17) is 0 Å². The summed E-state index contributed by atoms with van der Waals surface area (Å²) in [5, 5.41) is 5.23. The van der Waals surface area contributed by atoms with Crippen LogP contribution < -0.4 is 0 Å². The van der Waals surface area contributed by atoms with Gasteiger partial charge < -0.3 is 0 Å². The summed E-state index contributed by atoms with van der Waals surface area (Å²) in [5.41, 5.74) is 7.34. The third-order valence-corrected chi connectivity index (χ3v) is 5.67. The minimum Gasteiger partial charge on any atom is -0.0795 e. The summed E-state index contributed by atoms with van der Waals surface area (Å²) in [7, 11) is 0. The Hall–Kier alpha value is -3.69. The summed E-state index contributed by atoms with van der Waals surface area (Å²) in [6.45, 7) is 0. The smallest absolute Gasteiger partial charge is 0.0795 e. The van der Waals surface area contributed by atoms with Crippen LogP contribution in [0.1, 0.15) is 33.4 Å². The van der Waals surface area contributed by atoms with Gasteiger partial charge in [0.1, 0.15) is 5.56 Å². The molecule has 0 bridgehead atoms. The van der Waals surface area contributed by atoms with Crippen molar-refractivity contribution >= 4 is 33.7 Å². The van der Waals surface area contributed by atoms with Gasteiger partial charge in [-0.2, -0.15) is 0 Å². The van der Waals surface area contributed by atoms with E-state index in [2.05, 4.69) is 103 Å². The highest BCUT2D eigenvalue weighted by atomic mass is 14.1. The lowest BCUT2D eigenvalue weighted by Crippen LogP contribution is -1.94. The van der Waals surface area contributed by atoms with Crippen LogP contribution in [0.5, 0.6) is 0 Å². The highest BCUT2D eigenvalue weighted by molar-refractivity contribution is 5.98. The van der Waals surface area contributed by atoms with Gasteiger partial charge in [-0.25, -0.2) is 0 Å². The maximum atomic E-state index is 3.40. The fourth-order valence-corrected chi connectivity index (χ4v) is 4.46. The van der Waals surface area contributed by atoms with Gasteiger partial charge in [0.15, 0.2) is 0 Å². The summed E-state index contributed by atoms with van der Waals surface area (Å²) in [4.78, 5) is 0. The molecule has 28 heavy (non-hydrogen) atoms. The third-order valence-electron chi connectivity index (χ3n) is 5.67. The average molecular weight is 353 g/mol. The molecule has 4 aromatic rings. The summed E-state index contributed by atoms with van der Waals surface area (Å²) in [6.07, 6.45) is 11.9. The predicted molar refractivity (Wildman–Crippen MR) is 119 cm³/mol. The van der Waals surface area contributed by atoms with Crippen LogP contribution in [0.4, 0.5) is 0 Å². The van der Waals surface area contributed by atoms with Crippen molar-refractivity contribution in [2.24, 2.45) is 0 Å². The van der Waals surface area contributed by atoms with Crippen molar-refractivity contribution in [3.8, 4) is 11.8 Å². The van der Waals surface area contributed by atoms with E-state index in [-0.39, 0.29) is 0 Å². The van der Waals surface area contributed by atoms with E-state index in [1.165, 1.54) is 43.8 Å². The van der Waals surface area contributed by atoms with Gasteiger partial charge in [-0.3, -0.25) is 0 Å². The maximum absolute atomic E-state index is 3.40. The fourth-order valence-electron chi connectivity index (χ4n) is 4.46. The normalized spacial score (nSPS) is 13.3. The van der Waals surface area contributed by atoms with Gasteiger partial charge in [0.05, 0.1) is 10.9 Å². The first-order chi connectivity index (χ1) is 13.8. The van der Waals surface area contributed by atoms with Gasteiger partial charge >= 0.3 is 0 Å². The lowest BCUT2D eigenvalue weighted by Gasteiger charge is -2.13. The highest BCUT2D eigenvalue weighted by Crippen LogP contribution is 2.31. The second kappa shape index (κ2) is 5.91. The zero-order valence-corrected chi connectivity index (χ0v) is 15.4. The summed E-state index contributed by atoms with van der Waals surface area (Å²) in [5.74, 6) is 6.81. The van der Waals surface area contributed by atoms with Crippen molar-refractivity contribution in [3.63, 3.8) is 0 Å². The zero-order valence-electron chi connectivity index (χ0n) is 15.4. The maximum Gasteiger partial charge on any atom is 0.105 e. The molecule has 0 heteroatoms. The first-order valence-corrected chi connectivity index (χ1v) is 9.68. The molecule has 2 aliphatic rings. The van der Waals surface area contributed by atoms with E-state index in [1.807, 2.05) is 0 Å². The van der Waals surface area contributed by atoms with Gasteiger partial charge in [-0.05, 0) is 64.7 Å². The number of hydrogen-bond donors (Lipinski definition) is 0. The second-order valence-electron chi connectivity index (χ2n) is 7.47. The van der Waals surface area contributed by atoms with Crippen molar-refractivity contribution in [1.29, 1.82) is 0 Å². The van der Waals surface area contributed by atoms with Gasteiger partial charge in [0.2, 0.25) is 0 Å². The van der Waals surface area contributed by atoms with Crippen LogP contribution in [-0.2, 0) is 6.42 Å². The molecule has 0 aromatic heterocycles. The molecule has 128 valence electrons. The largest absolute Gasteiger partial charge is 0.105 e. The van der Waals surface area contributed by atoms with E-state index in [9.17, 15) is 0 Å². The third kappa shape index (κ3) is 2.38. The van der Waals surface area contributed by atoms with Gasteiger partial charge in [0.25, 0.3) is 0 Å². The minimum absolute atomic E-state index is 1.02. The molecule has 0 aliphatic heterocycles. The van der Waals surface area contributed by atoms with Crippen LogP contribution in [0.25, 0.3) is 33.7 Å². The first kappa shape index (κ1) is 15.4. The standard InChI is InChI=1S/C28H17/c1-5-21-6-2-10-24-16-19(15-23(9-1)27(21)24)13-14-20-17-25-11-3-7-22-8-4-12-26(18-20)28(22)25/h1-7,9-12,15-18H,8H2/q+1. The Labute approximate surface area is 164 Å². The number of rotatable bonds is 0. The SMILES string of the molecule is C(#Cc1cc2c3c(cccc3c1)CC=C2)c1cc2c3c(cccc3c1)[CH+]C=C2. The molecule has 0 spiro atoms. The molecule has 0 amide bonds. The minimum atomic E-state index is 1.02. The summed E-state index contributed by atoms with van der Waals surface area (Å²) < 4.78 is 0. The molecule has 0 fully saturated rings. The van der Waals surface area contributed by atoms with E-state index in [0.717, 1.165) is 17.5 Å². The predicted octanol–water partition coefficient (Wildman–Crippen LogP) is 6.54. The van der Waals surface area contributed by atoms with Gasteiger partial charge in [0, 0.05) is 41.2 Å². The molecule has 0 nitrogen and oxygen atoms in total. The van der Waals surface area contributed by atoms with E-state index in [1.54, 1.807) is 0 Å². The Morgan fingerprint density at radius 2 is 1.43 bits per heavy atom. The van der Waals surface area contributed by atoms with E-state index < -0.39 is 0 Å². The molecule has 0 heterocycles. The molecule has 0 radical (unpaired) electrons. The zero-order chi connectivity index (χ0) is 18.5. The lowest BCUT2D eigenvalue weighted by atomic mass is 9.91. The van der Waals surface area contributed by atoms with Gasteiger partial charge in [-0.1, -0.05) is 42.2 Å². The Balaban J connectivity index is 1.49. The van der Waals surface area contributed by atoms with Crippen molar-refractivity contribution < 1.29 is 0 Å². The Morgan fingerprint density at radius 1 is 0.714 bits per heavy atom. The number of benzene rings is 4. The molecular formula is C28H17+. The lowest BCUT2D eigenvalue weighted by molar-refractivity contribution is 1.29. The molecule has 4 aromatic carbocycles. The van der Waals surface area contributed by atoms with Crippen molar-refractivity contribution in [3.05, 3.63) is 113 Å². The van der Waals surface area contributed by atoms with Crippen LogP contribution in [0.3, 0.4) is 0 Å². The molecule has 0 saturated carbocycles. The Bertz CT molecular complexity index is 1290. The highest BCUT2D eigenvalue weighted by Gasteiger charge is 2.16.